The first kappa shape index (κ1) is 7.69. The van der Waals surface area contributed by atoms with Crippen LogP contribution in [0.2, 0.25) is 25.7 Å². The highest BCUT2D eigenvalue weighted by atomic mass is 28.3. The molecule has 0 atom stereocenters. The Bertz CT molecular complexity index is 95.1. The van der Waals surface area contributed by atoms with Gasteiger partial charge >= 0.3 is 0 Å². The zero-order chi connectivity index (χ0) is 6.78. The Labute approximate surface area is 51.1 Å². The maximum absolute atomic E-state index is 10.2. The predicted molar refractivity (Wildman–Crippen MR) is 36.3 cm³/mol. The van der Waals surface area contributed by atoms with Crippen LogP contribution in [0.15, 0.2) is 0 Å². The summed E-state index contributed by atoms with van der Waals surface area (Å²) in [5.74, 6) is -0.413. The first-order valence-electron chi connectivity index (χ1n) is 2.66. The topological polar surface area (TPSA) is 40.9 Å². The van der Waals surface area contributed by atoms with E-state index in [9.17, 15) is 4.79 Å². The van der Waals surface area contributed by atoms with Gasteiger partial charge in [-0.2, -0.15) is 0 Å². The SMILES string of the molecule is C[Si](C)(C)CC([NH])=O. The molecule has 2 nitrogen and oxygen atoms in total. The summed E-state index contributed by atoms with van der Waals surface area (Å²) >= 11 is 0. The van der Waals surface area contributed by atoms with E-state index in [0.29, 0.717) is 6.04 Å². The summed E-state index contributed by atoms with van der Waals surface area (Å²) in [4.78, 5) is 10.2. The Hall–Kier alpha value is -0.313. The van der Waals surface area contributed by atoms with Crippen molar-refractivity contribution in [3.63, 3.8) is 0 Å². The third kappa shape index (κ3) is 5.69. The second-order valence-corrected chi connectivity index (χ2v) is 8.64. The third-order valence-electron chi connectivity index (χ3n) is 0.691. The molecule has 0 aliphatic heterocycles. The Morgan fingerprint density at radius 3 is 1.88 bits per heavy atom. The average molecular weight is 130 g/mol. The molecule has 0 unspecified atom stereocenters. The zero-order valence-corrected chi connectivity index (χ0v) is 6.62. The van der Waals surface area contributed by atoms with E-state index in [-0.39, 0.29) is 0 Å². The van der Waals surface area contributed by atoms with Crippen molar-refractivity contribution in [2.24, 2.45) is 0 Å². The molecule has 8 heavy (non-hydrogen) atoms. The number of hydrogen-bond acceptors (Lipinski definition) is 1. The third-order valence-corrected chi connectivity index (χ3v) is 2.07. The minimum Gasteiger partial charge on any atom is -0.274 e. The maximum Gasteiger partial charge on any atom is 0.235 e. The first-order chi connectivity index (χ1) is 3.42. The molecule has 0 fully saturated rings. The maximum atomic E-state index is 10.2. The van der Waals surface area contributed by atoms with Crippen LogP contribution in [-0.4, -0.2) is 14.0 Å². The van der Waals surface area contributed by atoms with Crippen LogP contribution in [0.3, 0.4) is 0 Å². The molecular weight excluding hydrogens is 118 g/mol. The van der Waals surface area contributed by atoms with Gasteiger partial charge in [0.15, 0.2) is 0 Å². The number of nitrogens with one attached hydrogen (secondary N) is 1. The van der Waals surface area contributed by atoms with Crippen molar-refractivity contribution in [3.05, 3.63) is 0 Å². The lowest BCUT2D eigenvalue weighted by atomic mass is 10.8. The molecule has 0 aromatic heterocycles. The lowest BCUT2D eigenvalue weighted by molar-refractivity contribution is -0.116. The molecular formula is C5H12NOSi. The summed E-state index contributed by atoms with van der Waals surface area (Å²) in [6, 6.07) is 0.493. The van der Waals surface area contributed by atoms with Crippen LogP contribution in [0.25, 0.3) is 0 Å². The molecule has 0 aliphatic carbocycles. The normalized spacial score (nSPS) is 11.4. The van der Waals surface area contributed by atoms with Gasteiger partial charge in [-0.05, 0) is 0 Å². The van der Waals surface area contributed by atoms with Gasteiger partial charge in [0.05, 0.1) is 8.07 Å². The van der Waals surface area contributed by atoms with Gasteiger partial charge in [0.2, 0.25) is 5.91 Å². The molecule has 0 aromatic carbocycles. The number of carbonyl (C=O) groups is 1. The molecule has 0 heterocycles. The summed E-state index contributed by atoms with van der Waals surface area (Å²) in [5.41, 5.74) is 6.63. The summed E-state index contributed by atoms with van der Waals surface area (Å²) in [7, 11) is -1.26. The van der Waals surface area contributed by atoms with Crippen LogP contribution in [0.1, 0.15) is 0 Å². The summed E-state index contributed by atoms with van der Waals surface area (Å²) in [5, 5.41) is 0. The van der Waals surface area contributed by atoms with E-state index in [4.69, 9.17) is 5.73 Å². The Kier molecular flexibility index (Phi) is 2.21. The number of rotatable bonds is 2. The van der Waals surface area contributed by atoms with Crippen molar-refractivity contribution in [1.82, 2.24) is 5.73 Å². The van der Waals surface area contributed by atoms with Gasteiger partial charge in [-0.3, -0.25) is 10.5 Å². The molecule has 0 aliphatic rings. The molecule has 3 heteroatoms. The fraction of sp³-hybridized carbons (Fsp3) is 0.800. The Morgan fingerprint density at radius 1 is 1.50 bits per heavy atom. The van der Waals surface area contributed by atoms with Gasteiger partial charge in [-0.25, -0.2) is 0 Å². The van der Waals surface area contributed by atoms with Crippen LogP contribution in [0.4, 0.5) is 0 Å². The molecule has 1 N–H and O–H groups in total. The fourth-order valence-electron chi connectivity index (χ4n) is 0.482. The number of carbonyl (C=O) groups excluding carboxylic acids is 1. The van der Waals surface area contributed by atoms with E-state index in [0.717, 1.165) is 0 Å². The second-order valence-electron chi connectivity index (χ2n) is 3.16. The van der Waals surface area contributed by atoms with Gasteiger partial charge in [0.25, 0.3) is 0 Å². The highest BCUT2D eigenvalue weighted by Gasteiger charge is 2.15. The molecule has 0 bridgehead atoms. The van der Waals surface area contributed by atoms with Crippen LogP contribution in [0, 0.1) is 0 Å². The van der Waals surface area contributed by atoms with E-state index in [2.05, 4.69) is 19.6 Å². The van der Waals surface area contributed by atoms with Crippen LogP contribution < -0.4 is 5.73 Å². The van der Waals surface area contributed by atoms with Crippen molar-refractivity contribution in [2.75, 3.05) is 0 Å². The van der Waals surface area contributed by atoms with Crippen LogP contribution >= 0.6 is 0 Å². The van der Waals surface area contributed by atoms with Gasteiger partial charge in [0.1, 0.15) is 0 Å². The molecule has 1 radical (unpaired) electrons. The summed E-state index contributed by atoms with van der Waals surface area (Å²) in [6.07, 6.45) is 0. The van der Waals surface area contributed by atoms with Crippen LogP contribution in [-0.2, 0) is 4.79 Å². The van der Waals surface area contributed by atoms with Crippen molar-refractivity contribution >= 4 is 14.0 Å². The monoisotopic (exact) mass is 130 g/mol. The zero-order valence-electron chi connectivity index (χ0n) is 5.62. The lowest BCUT2D eigenvalue weighted by Gasteiger charge is -2.10. The van der Waals surface area contributed by atoms with Crippen molar-refractivity contribution < 1.29 is 4.79 Å². The van der Waals surface area contributed by atoms with E-state index in [1.165, 1.54) is 0 Å². The molecule has 0 saturated carbocycles. The molecule has 0 aromatic rings. The highest BCUT2D eigenvalue weighted by molar-refractivity contribution is 6.78. The average Bonchev–Trinajstić information content (AvgIpc) is 1.21. The Balaban J connectivity index is 3.55. The molecule has 0 saturated heterocycles. The highest BCUT2D eigenvalue weighted by Crippen LogP contribution is 2.05. The number of amides is 1. The molecule has 47 valence electrons. The summed E-state index contributed by atoms with van der Waals surface area (Å²) < 4.78 is 0. The lowest BCUT2D eigenvalue weighted by Crippen LogP contribution is -2.24. The smallest absolute Gasteiger partial charge is 0.235 e. The van der Waals surface area contributed by atoms with Crippen molar-refractivity contribution in [1.29, 1.82) is 0 Å². The van der Waals surface area contributed by atoms with E-state index in [1.54, 1.807) is 0 Å². The van der Waals surface area contributed by atoms with E-state index >= 15 is 0 Å². The second kappa shape index (κ2) is 2.30. The van der Waals surface area contributed by atoms with Gasteiger partial charge in [0, 0.05) is 6.04 Å². The fourth-order valence-corrected chi connectivity index (χ4v) is 1.45. The predicted octanol–water partition coefficient (Wildman–Crippen LogP) is 1.13. The van der Waals surface area contributed by atoms with Gasteiger partial charge < -0.3 is 0 Å². The molecule has 0 spiro atoms. The first-order valence-corrected chi connectivity index (χ1v) is 6.37. The van der Waals surface area contributed by atoms with Gasteiger partial charge in [-0.15, -0.1) is 0 Å². The molecule has 0 rings (SSSR count). The number of hydrogen-bond donors (Lipinski definition) is 0. The Morgan fingerprint density at radius 2 is 1.88 bits per heavy atom. The molecule has 1 amide bonds. The van der Waals surface area contributed by atoms with E-state index < -0.39 is 14.0 Å². The van der Waals surface area contributed by atoms with Crippen molar-refractivity contribution in [2.45, 2.75) is 25.7 Å². The summed E-state index contributed by atoms with van der Waals surface area (Å²) in [6.45, 7) is 6.25. The standard InChI is InChI=1S/C5H12NOSi/c1-8(2,3)4-5(6)7/h6H,4H2,1-3H3. The minimum absolute atomic E-state index is 0.413. The van der Waals surface area contributed by atoms with Crippen molar-refractivity contribution in [3.8, 4) is 0 Å². The minimum atomic E-state index is -1.26. The quantitative estimate of drug-likeness (QED) is 0.517. The van der Waals surface area contributed by atoms with Crippen LogP contribution in [0.5, 0.6) is 0 Å². The van der Waals surface area contributed by atoms with Gasteiger partial charge in [-0.1, -0.05) is 19.6 Å². The largest absolute Gasteiger partial charge is 0.274 e. The van der Waals surface area contributed by atoms with E-state index in [1.807, 2.05) is 0 Å².